The second-order valence-corrected chi connectivity index (χ2v) is 8.21. The van der Waals surface area contributed by atoms with Gasteiger partial charge in [-0.05, 0) is 40.5 Å². The zero-order valence-corrected chi connectivity index (χ0v) is 18.4. The number of carbonyl (C=O) groups excluding carboxylic acids is 1. The summed E-state index contributed by atoms with van der Waals surface area (Å²) in [5.74, 6) is -0.0805. The van der Waals surface area contributed by atoms with Crippen LogP contribution >= 0.6 is 15.9 Å². The molecule has 10 heteroatoms. The van der Waals surface area contributed by atoms with E-state index in [1.807, 2.05) is 37.3 Å². The normalized spacial score (nSPS) is 16.6. The van der Waals surface area contributed by atoms with E-state index in [1.165, 1.54) is 4.90 Å². The van der Waals surface area contributed by atoms with Crippen molar-refractivity contribution in [3.05, 3.63) is 58.1 Å². The summed E-state index contributed by atoms with van der Waals surface area (Å²) in [4.78, 5) is 13.8. The Bertz CT molecular complexity index is 1020. The lowest BCUT2D eigenvalue weighted by atomic mass is 10.1. The van der Waals surface area contributed by atoms with Gasteiger partial charge in [-0.1, -0.05) is 30.3 Å². The Morgan fingerprint density at radius 1 is 1.14 bits per heavy atom. The Labute approximate surface area is 179 Å². The van der Waals surface area contributed by atoms with Gasteiger partial charge in [0.2, 0.25) is 0 Å². The molecule has 2 aromatic carbocycles. The highest BCUT2D eigenvalue weighted by atomic mass is 79.9. The molecule has 0 aliphatic carbocycles. The van der Waals surface area contributed by atoms with Crippen LogP contribution in [0.3, 0.4) is 0 Å². The van der Waals surface area contributed by atoms with E-state index in [2.05, 4.69) is 35.4 Å². The van der Waals surface area contributed by atoms with Crippen LogP contribution in [0, 0.1) is 0 Å². The molecular formula is C19H20BrN5O3S. The highest BCUT2D eigenvalue weighted by molar-refractivity contribution is 9.10. The molecule has 0 saturated heterocycles. The third-order valence-corrected chi connectivity index (χ3v) is 5.55. The van der Waals surface area contributed by atoms with E-state index in [9.17, 15) is 14.1 Å². The summed E-state index contributed by atoms with van der Waals surface area (Å²) in [6.45, 7) is 1.95. The number of hydrogen-bond donors (Lipinski definition) is 3. The van der Waals surface area contributed by atoms with E-state index in [0.717, 1.165) is 5.56 Å². The standard InChI is InChI=1S/C19H20BrN5O3S/c1-11(12-7-5-4-6-8-12)21-17-18(24-29(28)23-17)22-14-10-9-13(20)15(16(14)26)19(27)25(2)3/h4-11,26H,1-3H3,(H,21,23)(H,22,24)/t11-,29?/m1/s1. The number of hydrogen-bond acceptors (Lipinski definition) is 5. The average molecular weight is 478 g/mol. The van der Waals surface area contributed by atoms with E-state index >= 15 is 0 Å². The van der Waals surface area contributed by atoms with Gasteiger partial charge in [-0.2, -0.15) is 0 Å². The second kappa shape index (κ2) is 8.75. The van der Waals surface area contributed by atoms with Gasteiger partial charge >= 0.3 is 0 Å². The number of nitrogens with zero attached hydrogens (tertiary/aromatic N) is 3. The van der Waals surface area contributed by atoms with Gasteiger partial charge in [0, 0.05) is 18.6 Å². The molecule has 1 amide bonds. The first-order valence-electron chi connectivity index (χ1n) is 8.69. The molecule has 29 heavy (non-hydrogen) atoms. The van der Waals surface area contributed by atoms with Gasteiger partial charge in [0.1, 0.15) is 0 Å². The first-order chi connectivity index (χ1) is 13.8. The zero-order chi connectivity index (χ0) is 21.1. The van der Waals surface area contributed by atoms with Crippen LogP contribution in [0.25, 0.3) is 0 Å². The van der Waals surface area contributed by atoms with Gasteiger partial charge in [-0.25, -0.2) is 4.21 Å². The number of nitrogens with one attached hydrogen (secondary N) is 2. The van der Waals surface area contributed by atoms with Crippen molar-refractivity contribution < 1.29 is 14.1 Å². The number of anilines is 1. The molecule has 1 aliphatic rings. The minimum absolute atomic E-state index is 0.110. The third kappa shape index (κ3) is 4.65. The van der Waals surface area contributed by atoms with Gasteiger partial charge in [-0.3, -0.25) is 4.79 Å². The maximum absolute atomic E-state index is 12.4. The molecule has 0 radical (unpaired) electrons. The summed E-state index contributed by atoms with van der Waals surface area (Å²) >= 11 is 1.52. The van der Waals surface area contributed by atoms with Crippen LogP contribution in [0.1, 0.15) is 28.9 Å². The SMILES string of the molecule is C[C@@H](NC1=NS(=O)N=C1Nc1ccc(Br)c(C(=O)N(C)C)c1O)c1ccccc1. The monoisotopic (exact) mass is 477 g/mol. The fourth-order valence-electron chi connectivity index (χ4n) is 2.69. The molecule has 0 aromatic heterocycles. The number of phenols is 1. The average Bonchev–Trinajstić information content (AvgIpc) is 3.03. The van der Waals surface area contributed by atoms with Gasteiger partial charge in [0.05, 0.1) is 17.3 Å². The molecule has 1 aliphatic heterocycles. The third-order valence-electron chi connectivity index (χ3n) is 4.22. The molecule has 0 spiro atoms. The topological polar surface area (TPSA) is 106 Å². The van der Waals surface area contributed by atoms with E-state index in [-0.39, 0.29) is 34.8 Å². The number of aromatic hydroxyl groups is 1. The van der Waals surface area contributed by atoms with Crippen molar-refractivity contribution in [1.82, 2.24) is 10.2 Å². The lowest BCUT2D eigenvalue weighted by Crippen LogP contribution is -2.35. The summed E-state index contributed by atoms with van der Waals surface area (Å²) in [5.41, 5.74) is 1.39. The Morgan fingerprint density at radius 3 is 2.45 bits per heavy atom. The fourth-order valence-corrected chi connectivity index (χ4v) is 3.81. The second-order valence-electron chi connectivity index (χ2n) is 6.53. The van der Waals surface area contributed by atoms with Crippen molar-refractivity contribution in [3.8, 4) is 5.75 Å². The lowest BCUT2D eigenvalue weighted by molar-refractivity contribution is 0.0824. The highest BCUT2D eigenvalue weighted by Crippen LogP contribution is 2.34. The van der Waals surface area contributed by atoms with E-state index in [1.54, 1.807) is 26.2 Å². The summed E-state index contributed by atoms with van der Waals surface area (Å²) in [6.07, 6.45) is 0. The highest BCUT2D eigenvalue weighted by Gasteiger charge is 2.25. The van der Waals surface area contributed by atoms with Crippen molar-refractivity contribution in [2.75, 3.05) is 19.4 Å². The number of phenolic OH excluding ortho intramolecular Hbond substituents is 1. The predicted octanol–water partition coefficient (Wildman–Crippen LogP) is 3.01. The molecule has 2 atom stereocenters. The lowest BCUT2D eigenvalue weighted by Gasteiger charge is -2.18. The largest absolute Gasteiger partial charge is 0.505 e. The maximum Gasteiger partial charge on any atom is 0.269 e. The van der Waals surface area contributed by atoms with Gasteiger partial charge in [0.25, 0.3) is 17.1 Å². The van der Waals surface area contributed by atoms with E-state index in [4.69, 9.17) is 0 Å². The summed E-state index contributed by atoms with van der Waals surface area (Å²) in [6, 6.07) is 12.8. The smallest absolute Gasteiger partial charge is 0.269 e. The minimum atomic E-state index is -1.78. The van der Waals surface area contributed by atoms with Crippen LogP contribution in [0.2, 0.25) is 0 Å². The Hall–Kier alpha value is -2.72. The van der Waals surface area contributed by atoms with E-state index < -0.39 is 11.2 Å². The van der Waals surface area contributed by atoms with Gasteiger partial charge in [0.15, 0.2) is 17.4 Å². The van der Waals surface area contributed by atoms with Crippen molar-refractivity contribution in [2.45, 2.75) is 13.0 Å². The molecule has 0 bridgehead atoms. The Morgan fingerprint density at radius 2 is 1.79 bits per heavy atom. The molecule has 3 rings (SSSR count). The van der Waals surface area contributed by atoms with Crippen LogP contribution in [-0.2, 0) is 11.2 Å². The predicted molar refractivity (Wildman–Crippen MR) is 118 cm³/mol. The van der Waals surface area contributed by atoms with Crippen LogP contribution in [0.5, 0.6) is 5.75 Å². The van der Waals surface area contributed by atoms with Crippen LogP contribution in [-0.4, -0.2) is 45.9 Å². The maximum atomic E-state index is 12.4. The first kappa shape index (κ1) is 21.0. The van der Waals surface area contributed by atoms with Gasteiger partial charge < -0.3 is 20.6 Å². The molecule has 3 N–H and O–H groups in total. The van der Waals surface area contributed by atoms with Crippen LogP contribution in [0.4, 0.5) is 5.69 Å². The molecule has 0 saturated carbocycles. The summed E-state index contributed by atoms with van der Waals surface area (Å²) < 4.78 is 20.3. The molecule has 8 nitrogen and oxygen atoms in total. The number of benzene rings is 2. The Balaban J connectivity index is 1.85. The van der Waals surface area contributed by atoms with Gasteiger partial charge in [-0.15, -0.1) is 8.80 Å². The summed E-state index contributed by atoms with van der Waals surface area (Å²) in [7, 11) is 3.19. The summed E-state index contributed by atoms with van der Waals surface area (Å²) in [5, 5.41) is 16.7. The molecule has 1 heterocycles. The first-order valence-corrected chi connectivity index (χ1v) is 10.5. The molecule has 0 fully saturated rings. The number of rotatable bonds is 4. The Kier molecular flexibility index (Phi) is 6.33. The minimum Gasteiger partial charge on any atom is -0.505 e. The number of halogens is 1. The molecule has 152 valence electrons. The van der Waals surface area contributed by atoms with Crippen molar-refractivity contribution in [2.24, 2.45) is 8.80 Å². The fraction of sp³-hybridized carbons (Fsp3) is 0.211. The number of amides is 1. The molecule has 1 unspecified atom stereocenters. The van der Waals surface area contributed by atoms with Crippen molar-refractivity contribution >= 4 is 50.4 Å². The van der Waals surface area contributed by atoms with Crippen LogP contribution in [0.15, 0.2) is 55.7 Å². The number of carbonyl (C=O) groups is 1. The molecule has 2 aromatic rings. The van der Waals surface area contributed by atoms with Crippen molar-refractivity contribution in [3.63, 3.8) is 0 Å². The van der Waals surface area contributed by atoms with Crippen LogP contribution < -0.4 is 10.6 Å². The quantitative estimate of drug-likeness (QED) is 0.586. The zero-order valence-electron chi connectivity index (χ0n) is 16.0. The van der Waals surface area contributed by atoms with E-state index in [0.29, 0.717) is 10.3 Å². The number of amidine groups is 2. The van der Waals surface area contributed by atoms with Crippen molar-refractivity contribution in [1.29, 1.82) is 0 Å². The molecular weight excluding hydrogens is 458 g/mol.